The predicted molar refractivity (Wildman–Crippen MR) is 108 cm³/mol. The lowest BCUT2D eigenvalue weighted by Crippen LogP contribution is -2.21. The summed E-state index contributed by atoms with van der Waals surface area (Å²) >= 11 is 0. The van der Waals surface area contributed by atoms with E-state index in [0.717, 1.165) is 41.0 Å². The highest BCUT2D eigenvalue weighted by Gasteiger charge is 2.17. The van der Waals surface area contributed by atoms with E-state index in [1.165, 1.54) is 0 Å². The highest BCUT2D eigenvalue weighted by Crippen LogP contribution is 2.34. The molecule has 140 valence electrons. The van der Waals surface area contributed by atoms with Crippen LogP contribution in [0.15, 0.2) is 45.6 Å². The summed E-state index contributed by atoms with van der Waals surface area (Å²) in [5.41, 5.74) is 3.15. The quantitative estimate of drug-likeness (QED) is 0.477. The number of carbonyl (C=O) groups excluding carboxylic acids is 1. The number of aldehydes is 1. The van der Waals surface area contributed by atoms with Gasteiger partial charge in [0, 0.05) is 35.8 Å². The third kappa shape index (κ3) is 3.33. The van der Waals surface area contributed by atoms with Crippen LogP contribution in [0.1, 0.15) is 29.8 Å². The fourth-order valence-corrected chi connectivity index (χ4v) is 3.44. The highest BCUT2D eigenvalue weighted by atomic mass is 16.5. The molecule has 27 heavy (non-hydrogen) atoms. The average Bonchev–Trinajstić information content (AvgIpc) is 2.67. The van der Waals surface area contributed by atoms with Crippen LogP contribution in [-0.4, -0.2) is 26.5 Å². The Labute approximate surface area is 158 Å². The highest BCUT2D eigenvalue weighted by molar-refractivity contribution is 6.02. The van der Waals surface area contributed by atoms with Gasteiger partial charge in [0.2, 0.25) is 0 Å². The summed E-state index contributed by atoms with van der Waals surface area (Å²) in [5, 5.41) is 0.733. The molecule has 0 N–H and O–H groups in total. The third-order valence-corrected chi connectivity index (χ3v) is 4.86. The van der Waals surface area contributed by atoms with Gasteiger partial charge in [0.15, 0.2) is 6.29 Å². The van der Waals surface area contributed by atoms with Gasteiger partial charge < -0.3 is 14.1 Å². The maximum absolute atomic E-state index is 12.5. The van der Waals surface area contributed by atoms with Crippen LogP contribution in [0.5, 0.6) is 5.75 Å². The molecule has 5 nitrogen and oxygen atoms in total. The van der Waals surface area contributed by atoms with Gasteiger partial charge in [-0.15, -0.1) is 0 Å². The molecule has 2 aromatic carbocycles. The molecule has 5 heteroatoms. The Bertz CT molecular complexity index is 1050. The zero-order valence-electron chi connectivity index (χ0n) is 16.0. The first kappa shape index (κ1) is 18.7. The second kappa shape index (κ2) is 7.66. The van der Waals surface area contributed by atoms with E-state index in [1.807, 2.05) is 43.3 Å². The van der Waals surface area contributed by atoms with Crippen LogP contribution in [0.3, 0.4) is 0 Å². The molecule has 0 fully saturated rings. The number of fused-ring (bicyclic) bond motifs is 1. The molecule has 3 rings (SSSR count). The van der Waals surface area contributed by atoms with E-state index in [4.69, 9.17) is 9.15 Å². The standard InChI is InChI=1S/C22H23NO4/c1-5-23(6-2)16-8-9-17-20(12-16)27-22(25)18(13-24)21(17)15-7-10-19(26-4)14(3)11-15/h7-13H,5-6H2,1-4H3. The topological polar surface area (TPSA) is 59.8 Å². The van der Waals surface area contributed by atoms with Crippen LogP contribution < -0.4 is 15.3 Å². The number of rotatable bonds is 6. The van der Waals surface area contributed by atoms with Crippen LogP contribution in [0, 0.1) is 6.92 Å². The second-order valence-corrected chi connectivity index (χ2v) is 6.33. The number of hydrogen-bond donors (Lipinski definition) is 0. The molecule has 0 aliphatic heterocycles. The number of benzene rings is 2. The first-order valence-electron chi connectivity index (χ1n) is 9.00. The van der Waals surface area contributed by atoms with E-state index >= 15 is 0 Å². The summed E-state index contributed by atoms with van der Waals surface area (Å²) in [6, 6.07) is 11.4. The smallest absolute Gasteiger partial charge is 0.347 e. The number of anilines is 1. The van der Waals surface area contributed by atoms with Crippen molar-refractivity contribution in [3.05, 3.63) is 57.9 Å². The number of ether oxygens (including phenoxy) is 1. The van der Waals surface area contributed by atoms with Gasteiger partial charge >= 0.3 is 5.63 Å². The minimum absolute atomic E-state index is 0.0302. The molecule has 0 aliphatic rings. The SMILES string of the molecule is CCN(CC)c1ccc2c(-c3ccc(OC)c(C)c3)c(C=O)c(=O)oc2c1. The Hall–Kier alpha value is -3.08. The minimum Gasteiger partial charge on any atom is -0.496 e. The van der Waals surface area contributed by atoms with Crippen LogP contribution in [0.4, 0.5) is 5.69 Å². The zero-order valence-corrected chi connectivity index (χ0v) is 16.0. The summed E-state index contributed by atoms with van der Waals surface area (Å²) in [4.78, 5) is 26.3. The van der Waals surface area contributed by atoms with Crippen molar-refractivity contribution in [1.82, 2.24) is 0 Å². The molecular weight excluding hydrogens is 342 g/mol. The lowest BCUT2D eigenvalue weighted by atomic mass is 9.96. The van der Waals surface area contributed by atoms with E-state index in [1.54, 1.807) is 7.11 Å². The van der Waals surface area contributed by atoms with Crippen LogP contribution in [0.2, 0.25) is 0 Å². The van der Waals surface area contributed by atoms with E-state index in [-0.39, 0.29) is 5.56 Å². The fourth-order valence-electron chi connectivity index (χ4n) is 3.44. The van der Waals surface area contributed by atoms with Crippen molar-refractivity contribution in [1.29, 1.82) is 0 Å². The van der Waals surface area contributed by atoms with Crippen LogP contribution in [0.25, 0.3) is 22.1 Å². The molecular formula is C22H23NO4. The molecule has 1 heterocycles. The van der Waals surface area contributed by atoms with Gasteiger partial charge in [0.25, 0.3) is 0 Å². The summed E-state index contributed by atoms with van der Waals surface area (Å²) in [6.07, 6.45) is 0.568. The Balaban J connectivity index is 2.31. The van der Waals surface area contributed by atoms with Gasteiger partial charge in [-0.05, 0) is 56.2 Å². The number of methoxy groups -OCH3 is 1. The van der Waals surface area contributed by atoms with Crippen molar-refractivity contribution >= 4 is 22.9 Å². The predicted octanol–water partition coefficient (Wildman–Crippen LogP) is 4.44. The largest absolute Gasteiger partial charge is 0.496 e. The Kier molecular flexibility index (Phi) is 5.31. The monoisotopic (exact) mass is 365 g/mol. The average molecular weight is 365 g/mol. The molecule has 0 atom stereocenters. The maximum atomic E-state index is 12.5. The lowest BCUT2D eigenvalue weighted by molar-refractivity contribution is 0.112. The summed E-state index contributed by atoms with van der Waals surface area (Å²) in [7, 11) is 1.61. The molecule has 0 radical (unpaired) electrons. The van der Waals surface area contributed by atoms with Crippen molar-refractivity contribution in [3.8, 4) is 16.9 Å². The molecule has 0 spiro atoms. The number of aryl methyl sites for hydroxylation is 1. The Morgan fingerprint density at radius 1 is 1.11 bits per heavy atom. The molecule has 0 aliphatic carbocycles. The molecule has 0 unspecified atom stereocenters. The Morgan fingerprint density at radius 3 is 2.44 bits per heavy atom. The zero-order chi connectivity index (χ0) is 19.6. The first-order chi connectivity index (χ1) is 13.0. The van der Waals surface area contributed by atoms with Gasteiger partial charge in [-0.2, -0.15) is 0 Å². The number of carbonyl (C=O) groups is 1. The molecule has 1 aromatic heterocycles. The Morgan fingerprint density at radius 2 is 1.85 bits per heavy atom. The number of nitrogens with zero attached hydrogens (tertiary/aromatic N) is 1. The normalized spacial score (nSPS) is 10.8. The second-order valence-electron chi connectivity index (χ2n) is 6.33. The summed E-state index contributed by atoms with van der Waals surface area (Å²) in [6.45, 7) is 7.78. The first-order valence-corrected chi connectivity index (χ1v) is 9.00. The minimum atomic E-state index is -0.627. The van der Waals surface area contributed by atoms with Gasteiger partial charge in [-0.25, -0.2) is 4.79 Å². The van der Waals surface area contributed by atoms with E-state index in [0.29, 0.717) is 17.4 Å². The maximum Gasteiger partial charge on any atom is 0.347 e. The van der Waals surface area contributed by atoms with Gasteiger partial charge in [-0.3, -0.25) is 4.79 Å². The van der Waals surface area contributed by atoms with Gasteiger partial charge in [-0.1, -0.05) is 6.07 Å². The molecule has 0 amide bonds. The van der Waals surface area contributed by atoms with E-state index < -0.39 is 5.63 Å². The van der Waals surface area contributed by atoms with Crippen molar-refractivity contribution in [2.45, 2.75) is 20.8 Å². The van der Waals surface area contributed by atoms with Gasteiger partial charge in [0.1, 0.15) is 16.9 Å². The van der Waals surface area contributed by atoms with E-state index in [9.17, 15) is 9.59 Å². The summed E-state index contributed by atoms with van der Waals surface area (Å²) < 4.78 is 10.8. The number of hydrogen-bond acceptors (Lipinski definition) is 5. The van der Waals surface area contributed by atoms with Crippen molar-refractivity contribution < 1.29 is 13.9 Å². The molecule has 0 saturated carbocycles. The fraction of sp³-hybridized carbons (Fsp3) is 0.273. The van der Waals surface area contributed by atoms with Gasteiger partial charge in [0.05, 0.1) is 7.11 Å². The molecule has 0 saturated heterocycles. The van der Waals surface area contributed by atoms with E-state index in [2.05, 4.69) is 18.7 Å². The summed E-state index contributed by atoms with van der Waals surface area (Å²) in [5.74, 6) is 0.752. The molecule has 3 aromatic rings. The van der Waals surface area contributed by atoms with Crippen LogP contribution in [-0.2, 0) is 0 Å². The van der Waals surface area contributed by atoms with Crippen molar-refractivity contribution in [3.63, 3.8) is 0 Å². The van der Waals surface area contributed by atoms with Crippen molar-refractivity contribution in [2.75, 3.05) is 25.1 Å². The third-order valence-electron chi connectivity index (χ3n) is 4.86. The molecule has 0 bridgehead atoms. The van der Waals surface area contributed by atoms with Crippen molar-refractivity contribution in [2.24, 2.45) is 0 Å². The van der Waals surface area contributed by atoms with Crippen LogP contribution >= 0.6 is 0 Å². The lowest BCUT2D eigenvalue weighted by Gasteiger charge is -2.21.